The Morgan fingerprint density at radius 2 is 1.62 bits per heavy atom. The number of H-pyrrole nitrogens is 1. The third-order valence-electron chi connectivity index (χ3n) is 3.27. The molecule has 4 aromatic rings. The van der Waals surface area contributed by atoms with E-state index in [0.29, 0.717) is 11.5 Å². The van der Waals surface area contributed by atoms with Gasteiger partial charge in [-0.2, -0.15) is 0 Å². The van der Waals surface area contributed by atoms with E-state index >= 15 is 0 Å². The number of imidazole rings is 2. The van der Waals surface area contributed by atoms with Crippen LogP contribution in [0, 0.1) is 26.2 Å². The maximum absolute atomic E-state index is 4.39. The Balaban J connectivity index is 0.000000252. The topological polar surface area (TPSA) is 98.1 Å². The molecule has 4 aromatic heterocycles. The van der Waals surface area contributed by atoms with Gasteiger partial charge in [0.05, 0.1) is 18.3 Å². The molecule has 0 spiro atoms. The van der Waals surface area contributed by atoms with Crippen LogP contribution in [0.2, 0.25) is 19.6 Å². The van der Waals surface area contributed by atoms with Crippen molar-refractivity contribution in [1.29, 1.82) is 0 Å². The molecule has 0 aliphatic rings. The van der Waals surface area contributed by atoms with Gasteiger partial charge in [0, 0.05) is 88.2 Å². The van der Waals surface area contributed by atoms with Crippen LogP contribution in [0.3, 0.4) is 0 Å². The number of hydrogen-bond donors (Lipinski definition) is 1. The molecule has 4 rings (SSSR count). The summed E-state index contributed by atoms with van der Waals surface area (Å²) in [4.78, 5) is 27.4. The van der Waals surface area contributed by atoms with Gasteiger partial charge in [-0.05, 0) is 11.7 Å². The fraction of sp³-hybridized carbons (Fsp3) is 0.333. The van der Waals surface area contributed by atoms with Gasteiger partial charge in [0.25, 0.3) is 0 Å². The first-order valence-corrected chi connectivity index (χ1v) is 10.9. The molecule has 26 heavy (non-hydrogen) atoms. The van der Waals surface area contributed by atoms with E-state index in [4.69, 9.17) is 0 Å². The van der Waals surface area contributed by atoms with Gasteiger partial charge in [0.2, 0.25) is 0 Å². The smallest absolute Gasteiger partial charge is 0.142 e. The third-order valence-corrected chi connectivity index (χ3v) is 5.05. The van der Waals surface area contributed by atoms with Gasteiger partial charge in [0.15, 0.2) is 0 Å². The van der Waals surface area contributed by atoms with Crippen LogP contribution in [0.25, 0.3) is 22.3 Å². The van der Waals surface area contributed by atoms with E-state index in [9.17, 15) is 0 Å². The zero-order valence-corrected chi connectivity index (χ0v) is 22.1. The van der Waals surface area contributed by atoms with Crippen LogP contribution in [-0.4, -0.2) is 47.4 Å². The SMILES string of the molecule is Cc1n[c-]c2[nH]cnc2n1.Cc1n[c-]c2ncn([Si](C)(C)C)c2n1.[Y].[Y]. The van der Waals surface area contributed by atoms with Crippen LogP contribution >= 0.6 is 0 Å². The van der Waals surface area contributed by atoms with E-state index in [1.54, 1.807) is 6.33 Å². The van der Waals surface area contributed by atoms with E-state index in [2.05, 4.69) is 71.2 Å². The van der Waals surface area contributed by atoms with Crippen LogP contribution in [0.4, 0.5) is 0 Å². The van der Waals surface area contributed by atoms with Gasteiger partial charge in [0.1, 0.15) is 8.24 Å². The molecule has 0 bridgehead atoms. The molecule has 0 aliphatic carbocycles. The van der Waals surface area contributed by atoms with Crippen LogP contribution in [0.15, 0.2) is 12.7 Å². The molecule has 0 unspecified atom stereocenters. The normalized spacial score (nSPS) is 10.7. The zero-order chi connectivity index (χ0) is 17.3. The minimum atomic E-state index is -1.42. The summed E-state index contributed by atoms with van der Waals surface area (Å²) >= 11 is 0. The number of fused-ring (bicyclic) bond motifs is 2. The molecule has 2 radical (unpaired) electrons. The molecule has 0 amide bonds. The quantitative estimate of drug-likeness (QED) is 0.308. The van der Waals surface area contributed by atoms with E-state index in [1.807, 2.05) is 20.2 Å². The molecule has 11 heteroatoms. The second kappa shape index (κ2) is 9.64. The largest absolute Gasteiger partial charge is 0.397 e. The number of hydrogen-bond acceptors (Lipinski definition) is 6. The van der Waals surface area contributed by atoms with E-state index < -0.39 is 8.24 Å². The van der Waals surface area contributed by atoms with Crippen molar-refractivity contribution in [1.82, 2.24) is 39.1 Å². The van der Waals surface area contributed by atoms with Gasteiger partial charge in [-0.3, -0.25) is 9.97 Å². The molecule has 130 valence electrons. The monoisotopic (exact) mass is 516 g/mol. The van der Waals surface area contributed by atoms with Gasteiger partial charge in [-0.25, -0.2) is 0 Å². The Hall–Kier alpha value is -0.475. The average molecular weight is 516 g/mol. The molecule has 8 nitrogen and oxygen atoms in total. The molecule has 0 aromatic carbocycles. The Labute approximate surface area is 203 Å². The van der Waals surface area contributed by atoms with Crippen LogP contribution in [0.5, 0.6) is 0 Å². The first-order chi connectivity index (χ1) is 11.3. The van der Waals surface area contributed by atoms with Gasteiger partial charge >= 0.3 is 0 Å². The van der Waals surface area contributed by atoms with Crippen molar-refractivity contribution in [2.45, 2.75) is 33.5 Å². The predicted molar refractivity (Wildman–Crippen MR) is 92.9 cm³/mol. The van der Waals surface area contributed by atoms with Crippen molar-refractivity contribution in [3.8, 4) is 0 Å². The molecule has 0 saturated heterocycles. The Morgan fingerprint density at radius 1 is 0.962 bits per heavy atom. The molecule has 1 N–H and O–H groups in total. The maximum atomic E-state index is 4.39. The first kappa shape index (κ1) is 23.6. The predicted octanol–water partition coefficient (Wildman–Crippen LogP) is 2.07. The molecule has 0 aliphatic heterocycles. The van der Waals surface area contributed by atoms with Crippen LogP contribution in [-0.2, 0) is 65.4 Å². The Bertz CT molecular complexity index is 992. The number of aromatic amines is 1. The molecule has 0 saturated carbocycles. The number of nitrogens with one attached hydrogen (secondary N) is 1. The van der Waals surface area contributed by atoms with Crippen molar-refractivity contribution < 1.29 is 65.4 Å². The maximum Gasteiger partial charge on any atom is 0.142 e. The van der Waals surface area contributed by atoms with Gasteiger partial charge < -0.3 is 29.2 Å². The summed E-state index contributed by atoms with van der Waals surface area (Å²) in [5.41, 5.74) is 3.10. The third kappa shape index (κ3) is 5.51. The second-order valence-corrected chi connectivity index (χ2v) is 11.1. The minimum Gasteiger partial charge on any atom is -0.397 e. The van der Waals surface area contributed by atoms with E-state index in [0.717, 1.165) is 22.5 Å². The summed E-state index contributed by atoms with van der Waals surface area (Å²) in [5.74, 6) is 1.44. The molecular formula is C15H18N8SiY2-2. The summed E-state index contributed by atoms with van der Waals surface area (Å²) in [5, 5.41) is 0. The van der Waals surface area contributed by atoms with Crippen LogP contribution < -0.4 is 0 Å². The number of aryl methyl sites for hydroxylation is 2. The number of aromatic nitrogens is 8. The first-order valence-electron chi connectivity index (χ1n) is 7.50. The Morgan fingerprint density at radius 3 is 2.31 bits per heavy atom. The second-order valence-electron chi connectivity index (χ2n) is 6.32. The standard InChI is InChI=1S/C9H13N4Si.C6H5N4.2Y/c1-7-10-5-8-9(12-7)13(6-11-8)14(2,3)4;1-4-7-2-5-6(10-4)9-3-8-5;;/h6H,1-4H3;3H,1H3,(H,7,8,9,10);;/q2*-1;;. The van der Waals surface area contributed by atoms with Crippen molar-refractivity contribution in [3.63, 3.8) is 0 Å². The van der Waals surface area contributed by atoms with E-state index in [-0.39, 0.29) is 65.4 Å². The number of nitrogens with zero attached hydrogens (tertiary/aromatic N) is 7. The van der Waals surface area contributed by atoms with Crippen molar-refractivity contribution in [2.75, 3.05) is 0 Å². The van der Waals surface area contributed by atoms with Gasteiger partial charge in [-0.15, -0.1) is 0 Å². The fourth-order valence-electron chi connectivity index (χ4n) is 2.10. The summed E-state index contributed by atoms with van der Waals surface area (Å²) < 4.78 is 2.17. The Kier molecular flexibility index (Phi) is 8.74. The fourth-order valence-corrected chi connectivity index (χ4v) is 3.30. The van der Waals surface area contributed by atoms with Crippen molar-refractivity contribution >= 4 is 30.6 Å². The van der Waals surface area contributed by atoms with Crippen LogP contribution in [0.1, 0.15) is 11.6 Å². The van der Waals surface area contributed by atoms with Crippen molar-refractivity contribution in [3.05, 3.63) is 36.7 Å². The van der Waals surface area contributed by atoms with Crippen molar-refractivity contribution in [2.24, 2.45) is 0 Å². The summed E-state index contributed by atoms with van der Waals surface area (Å²) in [7, 11) is -1.42. The molecule has 0 atom stereocenters. The van der Waals surface area contributed by atoms with E-state index in [1.165, 1.54) is 0 Å². The molecule has 4 heterocycles. The minimum absolute atomic E-state index is 0. The summed E-state index contributed by atoms with van der Waals surface area (Å²) in [6.45, 7) is 10.4. The average Bonchev–Trinajstić information content (AvgIpc) is 3.12. The van der Waals surface area contributed by atoms with Gasteiger partial charge in [-0.1, -0.05) is 39.7 Å². The molecule has 0 fully saturated rings. The number of rotatable bonds is 1. The summed E-state index contributed by atoms with van der Waals surface area (Å²) in [6.07, 6.45) is 9.09. The zero-order valence-electron chi connectivity index (χ0n) is 15.4. The molecular weight excluding hydrogens is 498 g/mol. The summed E-state index contributed by atoms with van der Waals surface area (Å²) in [6, 6.07) is 0.